The second kappa shape index (κ2) is 5.71. The summed E-state index contributed by atoms with van der Waals surface area (Å²) in [6, 6.07) is 5.81. The molecule has 15 heavy (non-hydrogen) atoms. The van der Waals surface area contributed by atoms with Gasteiger partial charge in [-0.2, -0.15) is 0 Å². The molecule has 1 atom stereocenters. The maximum absolute atomic E-state index is 11.9. The lowest BCUT2D eigenvalue weighted by Crippen LogP contribution is -2.09. The van der Waals surface area contributed by atoms with Crippen molar-refractivity contribution in [2.75, 3.05) is 13.3 Å². The highest BCUT2D eigenvalue weighted by Crippen LogP contribution is 2.25. The van der Waals surface area contributed by atoms with Crippen molar-refractivity contribution in [1.29, 1.82) is 0 Å². The number of ether oxygens (including phenoxy) is 1. The van der Waals surface area contributed by atoms with Crippen molar-refractivity contribution in [3.8, 4) is 5.75 Å². The summed E-state index contributed by atoms with van der Waals surface area (Å²) in [6.07, 6.45) is 0.423. The van der Waals surface area contributed by atoms with E-state index >= 15 is 0 Å². The van der Waals surface area contributed by atoms with E-state index in [-0.39, 0.29) is 12.7 Å². The Morgan fingerprint density at radius 2 is 2.20 bits per heavy atom. The molecule has 0 heterocycles. The van der Waals surface area contributed by atoms with E-state index in [1.807, 2.05) is 32.0 Å². The van der Waals surface area contributed by atoms with Gasteiger partial charge in [0.2, 0.25) is 0 Å². The largest absolute Gasteiger partial charge is 0.493 e. The molecule has 3 heteroatoms. The predicted octanol–water partition coefficient (Wildman–Crippen LogP) is 2.75. The maximum Gasteiger partial charge on any atom is 0.124 e. The summed E-state index contributed by atoms with van der Waals surface area (Å²) in [4.78, 5) is 0. The van der Waals surface area contributed by atoms with E-state index in [1.54, 1.807) is 0 Å². The Kier molecular flexibility index (Phi) is 4.56. The molecule has 0 aliphatic rings. The minimum atomic E-state index is -0.348. The number of rotatable bonds is 5. The molecule has 2 N–H and O–H groups in total. The number of benzene rings is 1. The van der Waals surface area contributed by atoms with Gasteiger partial charge in [0.1, 0.15) is 5.75 Å². The summed E-state index contributed by atoms with van der Waals surface area (Å²) < 4.78 is 17.4. The molecule has 1 aromatic rings. The SMILES string of the molecule is Cc1ccc(OCCCF)c(C(C)N)c1. The average molecular weight is 211 g/mol. The van der Waals surface area contributed by atoms with Crippen LogP contribution in [0.25, 0.3) is 0 Å². The number of halogens is 1. The van der Waals surface area contributed by atoms with Crippen molar-refractivity contribution < 1.29 is 9.13 Å². The van der Waals surface area contributed by atoms with Crippen LogP contribution < -0.4 is 10.5 Å². The molecule has 1 rings (SSSR count). The number of aryl methyl sites for hydroxylation is 1. The fraction of sp³-hybridized carbons (Fsp3) is 0.500. The van der Waals surface area contributed by atoms with Crippen molar-refractivity contribution in [3.63, 3.8) is 0 Å². The van der Waals surface area contributed by atoms with Gasteiger partial charge in [0.15, 0.2) is 0 Å². The van der Waals surface area contributed by atoms with Crippen molar-refractivity contribution in [1.82, 2.24) is 0 Å². The Balaban J connectivity index is 2.77. The van der Waals surface area contributed by atoms with Crippen molar-refractivity contribution in [3.05, 3.63) is 29.3 Å². The minimum absolute atomic E-state index is 0.0646. The second-order valence-corrected chi connectivity index (χ2v) is 3.72. The molecule has 84 valence electrons. The molecule has 0 bridgehead atoms. The molecule has 1 unspecified atom stereocenters. The monoisotopic (exact) mass is 211 g/mol. The van der Waals surface area contributed by atoms with Gasteiger partial charge in [-0.1, -0.05) is 17.7 Å². The number of alkyl halides is 1. The predicted molar refractivity (Wildman–Crippen MR) is 59.9 cm³/mol. The van der Waals surface area contributed by atoms with Gasteiger partial charge in [0, 0.05) is 18.0 Å². The third-order valence-electron chi connectivity index (χ3n) is 2.19. The molecule has 2 nitrogen and oxygen atoms in total. The van der Waals surface area contributed by atoms with Crippen LogP contribution in [0.5, 0.6) is 5.75 Å². The van der Waals surface area contributed by atoms with Gasteiger partial charge in [-0.25, -0.2) is 0 Å². The van der Waals surface area contributed by atoms with E-state index in [2.05, 4.69) is 0 Å². The number of nitrogens with two attached hydrogens (primary N) is 1. The smallest absolute Gasteiger partial charge is 0.124 e. The third-order valence-corrected chi connectivity index (χ3v) is 2.19. The molecule has 0 amide bonds. The Labute approximate surface area is 90.2 Å². The minimum Gasteiger partial charge on any atom is -0.493 e. The van der Waals surface area contributed by atoms with Crippen LogP contribution in [-0.2, 0) is 0 Å². The molecule has 0 aromatic heterocycles. The number of hydrogen-bond acceptors (Lipinski definition) is 2. The van der Waals surface area contributed by atoms with E-state index in [4.69, 9.17) is 10.5 Å². The summed E-state index contributed by atoms with van der Waals surface area (Å²) in [5, 5.41) is 0. The summed E-state index contributed by atoms with van der Waals surface area (Å²) in [6.45, 7) is 3.98. The van der Waals surface area contributed by atoms with Gasteiger partial charge in [-0.15, -0.1) is 0 Å². The van der Waals surface area contributed by atoms with Crippen LogP contribution in [0.15, 0.2) is 18.2 Å². The molecule has 0 aliphatic heterocycles. The second-order valence-electron chi connectivity index (χ2n) is 3.72. The van der Waals surface area contributed by atoms with Gasteiger partial charge >= 0.3 is 0 Å². The quantitative estimate of drug-likeness (QED) is 0.760. The van der Waals surface area contributed by atoms with Gasteiger partial charge < -0.3 is 10.5 Å². The van der Waals surface area contributed by atoms with E-state index in [9.17, 15) is 4.39 Å². The first-order valence-electron chi connectivity index (χ1n) is 5.20. The Morgan fingerprint density at radius 1 is 1.47 bits per heavy atom. The van der Waals surface area contributed by atoms with Crippen LogP contribution >= 0.6 is 0 Å². The van der Waals surface area contributed by atoms with Gasteiger partial charge in [-0.3, -0.25) is 4.39 Å². The van der Waals surface area contributed by atoms with Crippen molar-refractivity contribution in [2.24, 2.45) is 5.73 Å². The van der Waals surface area contributed by atoms with Gasteiger partial charge in [0.05, 0.1) is 13.3 Å². The highest BCUT2D eigenvalue weighted by atomic mass is 19.1. The van der Waals surface area contributed by atoms with Crippen LogP contribution in [0.2, 0.25) is 0 Å². The van der Waals surface area contributed by atoms with Crippen molar-refractivity contribution in [2.45, 2.75) is 26.3 Å². The summed E-state index contributed by atoms with van der Waals surface area (Å²) in [5.41, 5.74) is 7.97. The van der Waals surface area contributed by atoms with E-state index in [0.717, 1.165) is 16.9 Å². The highest BCUT2D eigenvalue weighted by Gasteiger charge is 2.07. The Bertz CT molecular complexity index is 312. The molecular formula is C12H18FNO. The van der Waals surface area contributed by atoms with Crippen LogP contribution in [0.3, 0.4) is 0 Å². The zero-order valence-corrected chi connectivity index (χ0v) is 9.29. The average Bonchev–Trinajstić information content (AvgIpc) is 2.20. The first-order chi connectivity index (χ1) is 7.15. The lowest BCUT2D eigenvalue weighted by atomic mass is 10.1. The van der Waals surface area contributed by atoms with Gasteiger partial charge in [0.25, 0.3) is 0 Å². The molecule has 0 fully saturated rings. The Morgan fingerprint density at radius 3 is 2.80 bits per heavy atom. The van der Waals surface area contributed by atoms with Crippen LogP contribution in [0.4, 0.5) is 4.39 Å². The molecule has 0 saturated carbocycles. The summed E-state index contributed by atoms with van der Waals surface area (Å²) >= 11 is 0. The molecule has 0 aliphatic carbocycles. The number of hydrogen-bond donors (Lipinski definition) is 1. The lowest BCUT2D eigenvalue weighted by Gasteiger charge is -2.14. The lowest BCUT2D eigenvalue weighted by molar-refractivity contribution is 0.286. The van der Waals surface area contributed by atoms with Crippen LogP contribution in [0, 0.1) is 6.92 Å². The summed E-state index contributed by atoms with van der Waals surface area (Å²) in [7, 11) is 0. The van der Waals surface area contributed by atoms with E-state index in [1.165, 1.54) is 0 Å². The third kappa shape index (κ3) is 3.51. The molecule has 0 spiro atoms. The highest BCUT2D eigenvalue weighted by molar-refractivity contribution is 5.38. The standard InChI is InChI=1S/C12H18FNO/c1-9-4-5-12(15-7-3-6-13)11(8-9)10(2)14/h4-5,8,10H,3,6-7,14H2,1-2H3. The first-order valence-corrected chi connectivity index (χ1v) is 5.20. The Hall–Kier alpha value is -1.09. The van der Waals surface area contributed by atoms with Crippen LogP contribution in [-0.4, -0.2) is 13.3 Å². The molecule has 1 aromatic carbocycles. The zero-order valence-electron chi connectivity index (χ0n) is 9.29. The fourth-order valence-electron chi connectivity index (χ4n) is 1.39. The molecular weight excluding hydrogens is 193 g/mol. The zero-order chi connectivity index (χ0) is 11.3. The van der Waals surface area contributed by atoms with E-state index < -0.39 is 0 Å². The van der Waals surface area contributed by atoms with Crippen LogP contribution in [0.1, 0.15) is 30.5 Å². The topological polar surface area (TPSA) is 35.2 Å². The molecule has 0 saturated heterocycles. The molecule has 0 radical (unpaired) electrons. The first kappa shape index (κ1) is 12.0. The van der Waals surface area contributed by atoms with Crippen molar-refractivity contribution >= 4 is 0 Å². The van der Waals surface area contributed by atoms with Gasteiger partial charge in [-0.05, 0) is 19.9 Å². The summed E-state index contributed by atoms with van der Waals surface area (Å²) in [5.74, 6) is 0.768. The fourth-order valence-corrected chi connectivity index (χ4v) is 1.39. The maximum atomic E-state index is 11.9. The van der Waals surface area contributed by atoms with E-state index in [0.29, 0.717) is 13.0 Å². The normalized spacial score (nSPS) is 12.5.